The van der Waals surface area contributed by atoms with Gasteiger partial charge < -0.3 is 10.2 Å². The molecule has 0 saturated carbocycles. The van der Waals surface area contributed by atoms with Gasteiger partial charge in [0.15, 0.2) is 0 Å². The third-order valence-electron chi connectivity index (χ3n) is 4.69. The maximum absolute atomic E-state index is 9.02. The molecule has 1 N–H and O–H groups in total. The largest absolute Gasteiger partial charge is 0.366 e. The summed E-state index contributed by atoms with van der Waals surface area (Å²) in [5, 5.41) is 12.9. The third-order valence-corrected chi connectivity index (χ3v) is 5.07. The lowest BCUT2D eigenvalue weighted by Gasteiger charge is -2.47. The molecule has 5 heteroatoms. The van der Waals surface area contributed by atoms with Gasteiger partial charge in [-0.2, -0.15) is 5.26 Å². The summed E-state index contributed by atoms with van der Waals surface area (Å²) in [5.74, 6) is 0.651. The molecule has 1 aromatic heterocycles. The van der Waals surface area contributed by atoms with Crippen LogP contribution in [0.5, 0.6) is 0 Å². The minimum atomic E-state index is 0.403. The maximum atomic E-state index is 9.02. The molecule has 2 unspecified atom stereocenters. The van der Waals surface area contributed by atoms with Crippen molar-refractivity contribution in [3.05, 3.63) is 22.8 Å². The number of piperidine rings is 2. The number of halogens is 1. The van der Waals surface area contributed by atoms with Gasteiger partial charge in [-0.25, -0.2) is 4.98 Å². The Hall–Kier alpha value is -1.31. The van der Waals surface area contributed by atoms with E-state index >= 15 is 0 Å². The lowest BCUT2D eigenvalue weighted by Crippen LogP contribution is -2.52. The van der Waals surface area contributed by atoms with Crippen LogP contribution >= 0.6 is 11.6 Å². The molecule has 2 bridgehead atoms. The molecule has 0 radical (unpaired) electrons. The van der Waals surface area contributed by atoms with Gasteiger partial charge in [0.2, 0.25) is 0 Å². The molecule has 106 valence electrons. The number of nitriles is 1. The van der Waals surface area contributed by atoms with Crippen LogP contribution in [0, 0.1) is 11.3 Å². The highest BCUT2D eigenvalue weighted by atomic mass is 35.5. The van der Waals surface area contributed by atoms with Crippen molar-refractivity contribution in [1.82, 2.24) is 9.88 Å². The molecule has 2 saturated heterocycles. The average molecular weight is 291 g/mol. The first kappa shape index (κ1) is 13.7. The Morgan fingerprint density at radius 3 is 2.75 bits per heavy atom. The van der Waals surface area contributed by atoms with Crippen molar-refractivity contribution >= 4 is 17.4 Å². The van der Waals surface area contributed by atoms with Crippen molar-refractivity contribution in [1.29, 1.82) is 5.26 Å². The summed E-state index contributed by atoms with van der Waals surface area (Å²) < 4.78 is 0. The van der Waals surface area contributed by atoms with Gasteiger partial charge in [0.05, 0.1) is 5.56 Å². The Morgan fingerprint density at radius 2 is 2.10 bits per heavy atom. The molecule has 20 heavy (non-hydrogen) atoms. The number of anilines is 1. The van der Waals surface area contributed by atoms with Crippen molar-refractivity contribution < 1.29 is 0 Å². The zero-order valence-electron chi connectivity index (χ0n) is 11.6. The number of rotatable bonds is 2. The van der Waals surface area contributed by atoms with Gasteiger partial charge in [0.1, 0.15) is 16.9 Å². The van der Waals surface area contributed by atoms with E-state index in [4.69, 9.17) is 16.9 Å². The van der Waals surface area contributed by atoms with Crippen LogP contribution in [0.1, 0.15) is 37.7 Å². The van der Waals surface area contributed by atoms with Gasteiger partial charge in [0.25, 0.3) is 0 Å². The van der Waals surface area contributed by atoms with Crippen molar-refractivity contribution in [3.63, 3.8) is 0 Å². The lowest BCUT2D eigenvalue weighted by molar-refractivity contribution is 0.0608. The molecule has 2 fully saturated rings. The smallest absolute Gasteiger partial charge is 0.146 e. The fraction of sp³-hybridized carbons (Fsp3) is 0.600. The van der Waals surface area contributed by atoms with Crippen LogP contribution in [-0.2, 0) is 0 Å². The molecule has 3 heterocycles. The molecule has 0 spiro atoms. The van der Waals surface area contributed by atoms with E-state index in [1.54, 1.807) is 12.3 Å². The Morgan fingerprint density at radius 1 is 1.40 bits per heavy atom. The third kappa shape index (κ3) is 2.48. The van der Waals surface area contributed by atoms with Crippen molar-refractivity contribution in [2.75, 3.05) is 12.4 Å². The molecular weight excluding hydrogens is 272 g/mol. The zero-order valence-corrected chi connectivity index (χ0v) is 12.4. The number of hydrogen-bond acceptors (Lipinski definition) is 4. The number of aromatic nitrogens is 1. The van der Waals surface area contributed by atoms with Gasteiger partial charge in [-0.3, -0.25) is 0 Å². The summed E-state index contributed by atoms with van der Waals surface area (Å²) in [6.07, 6.45) is 7.80. The standard InChI is InChI=1S/C15H19ClN4/c1-20-12-3-2-4-13(20)8-11(7-12)19-15-14(16)10(9-17)5-6-18-15/h5-6,11-13H,2-4,7-8H2,1H3,(H,18,19). The predicted octanol–water partition coefficient (Wildman–Crippen LogP) is 3.03. The molecule has 0 amide bonds. The molecule has 1 aromatic rings. The van der Waals surface area contributed by atoms with Crippen LogP contribution in [0.15, 0.2) is 12.3 Å². The molecule has 2 atom stereocenters. The highest BCUT2D eigenvalue weighted by Gasteiger charge is 2.36. The van der Waals surface area contributed by atoms with E-state index in [9.17, 15) is 0 Å². The number of nitrogens with zero attached hydrogens (tertiary/aromatic N) is 3. The number of fused-ring (bicyclic) bond motifs is 2. The molecule has 0 aliphatic carbocycles. The van der Waals surface area contributed by atoms with E-state index in [0.29, 0.717) is 34.5 Å². The van der Waals surface area contributed by atoms with Gasteiger partial charge in [-0.15, -0.1) is 0 Å². The number of nitrogens with one attached hydrogen (secondary N) is 1. The summed E-state index contributed by atoms with van der Waals surface area (Å²) in [7, 11) is 2.24. The van der Waals surface area contributed by atoms with Crippen molar-refractivity contribution in [2.45, 2.75) is 50.2 Å². The summed E-state index contributed by atoms with van der Waals surface area (Å²) in [6.45, 7) is 0. The summed E-state index contributed by atoms with van der Waals surface area (Å²) >= 11 is 6.22. The first-order valence-electron chi connectivity index (χ1n) is 7.22. The highest BCUT2D eigenvalue weighted by molar-refractivity contribution is 6.34. The first-order valence-corrected chi connectivity index (χ1v) is 7.60. The minimum absolute atomic E-state index is 0.403. The quantitative estimate of drug-likeness (QED) is 0.909. The van der Waals surface area contributed by atoms with Crippen LogP contribution in [0.25, 0.3) is 0 Å². The molecule has 0 aromatic carbocycles. The van der Waals surface area contributed by atoms with Crippen LogP contribution in [0.2, 0.25) is 5.02 Å². The average Bonchev–Trinajstić information content (AvgIpc) is 2.42. The Bertz CT molecular complexity index is 525. The lowest BCUT2D eigenvalue weighted by atomic mass is 9.82. The van der Waals surface area contributed by atoms with Crippen molar-refractivity contribution in [3.8, 4) is 6.07 Å². The van der Waals surface area contributed by atoms with E-state index in [-0.39, 0.29) is 0 Å². The maximum Gasteiger partial charge on any atom is 0.146 e. The van der Waals surface area contributed by atoms with Gasteiger partial charge in [-0.1, -0.05) is 18.0 Å². The summed E-state index contributed by atoms with van der Waals surface area (Å²) in [6, 6.07) is 5.48. The highest BCUT2D eigenvalue weighted by Crippen LogP contribution is 2.34. The van der Waals surface area contributed by atoms with Crippen LogP contribution in [-0.4, -0.2) is 35.1 Å². The molecule has 3 rings (SSSR count). The van der Waals surface area contributed by atoms with Crippen LogP contribution < -0.4 is 5.32 Å². The van der Waals surface area contributed by atoms with Crippen molar-refractivity contribution in [2.24, 2.45) is 0 Å². The number of hydrogen-bond donors (Lipinski definition) is 1. The van der Waals surface area contributed by atoms with Crippen LogP contribution in [0.3, 0.4) is 0 Å². The van der Waals surface area contributed by atoms with E-state index in [1.807, 2.05) is 0 Å². The second-order valence-corrected chi connectivity index (χ2v) is 6.23. The minimum Gasteiger partial charge on any atom is -0.366 e. The fourth-order valence-corrected chi connectivity index (χ4v) is 3.77. The Kier molecular flexibility index (Phi) is 3.82. The molecule has 4 nitrogen and oxygen atoms in total. The normalized spacial score (nSPS) is 29.8. The van der Waals surface area contributed by atoms with E-state index < -0.39 is 0 Å². The molecular formula is C15H19ClN4. The second kappa shape index (κ2) is 5.59. The zero-order chi connectivity index (χ0) is 14.1. The van der Waals surface area contributed by atoms with E-state index in [1.165, 1.54) is 19.3 Å². The SMILES string of the molecule is CN1C2CCCC1CC(Nc1nccc(C#N)c1Cl)C2. The van der Waals surface area contributed by atoms with Gasteiger partial charge in [0, 0.05) is 24.3 Å². The number of pyridine rings is 1. The fourth-order valence-electron chi connectivity index (χ4n) is 3.56. The monoisotopic (exact) mass is 290 g/mol. The molecule has 2 aliphatic heterocycles. The van der Waals surface area contributed by atoms with Gasteiger partial charge in [-0.05, 0) is 38.8 Å². The topological polar surface area (TPSA) is 52.0 Å². The van der Waals surface area contributed by atoms with E-state index in [0.717, 1.165) is 12.8 Å². The summed E-state index contributed by atoms with van der Waals surface area (Å²) in [5.41, 5.74) is 0.484. The molecule has 2 aliphatic rings. The first-order chi connectivity index (χ1) is 9.69. The summed E-state index contributed by atoms with van der Waals surface area (Å²) in [4.78, 5) is 6.82. The van der Waals surface area contributed by atoms with E-state index in [2.05, 4.69) is 28.3 Å². The predicted molar refractivity (Wildman–Crippen MR) is 79.8 cm³/mol. The Labute approximate surface area is 124 Å². The van der Waals surface area contributed by atoms with Gasteiger partial charge >= 0.3 is 0 Å². The second-order valence-electron chi connectivity index (χ2n) is 5.85. The Balaban J connectivity index is 1.75. The van der Waals surface area contributed by atoms with Crippen LogP contribution in [0.4, 0.5) is 5.82 Å².